The molecule has 8 N–H and O–H groups in total. The van der Waals surface area contributed by atoms with Crippen LogP contribution in [0.5, 0.6) is 0 Å². The third kappa shape index (κ3) is 10.7. The summed E-state index contributed by atoms with van der Waals surface area (Å²) in [5, 5.41) is 12.2. The molecule has 2 atom stereocenters. The monoisotopic (exact) mass is 372 g/mol. The maximum Gasteiger partial charge on any atom is 0.237 e. The minimum Gasteiger partial charge on any atom is -0.355 e. The Morgan fingerprint density at radius 1 is 0.692 bits per heavy atom. The van der Waals surface area contributed by atoms with E-state index in [9.17, 15) is 9.59 Å². The molecule has 0 aliphatic rings. The second-order valence-corrected chi connectivity index (χ2v) is 7.22. The first-order valence-corrected chi connectivity index (χ1v) is 9.77. The molecule has 0 spiro atoms. The minimum absolute atomic E-state index is 0.00309. The predicted molar refractivity (Wildman–Crippen MR) is 107 cm³/mol. The summed E-state index contributed by atoms with van der Waals surface area (Å²) < 4.78 is 0. The molecule has 0 fully saturated rings. The molecule has 0 saturated carbocycles. The molecule has 154 valence electrons. The van der Waals surface area contributed by atoms with Crippen molar-refractivity contribution in [2.75, 3.05) is 39.3 Å². The van der Waals surface area contributed by atoms with Gasteiger partial charge in [0.15, 0.2) is 0 Å². The normalized spacial score (nSPS) is 13.7. The lowest BCUT2D eigenvalue weighted by Gasteiger charge is -2.22. The minimum atomic E-state index is -0.223. The Bertz CT molecular complexity index is 354. The Labute approximate surface area is 158 Å². The van der Waals surface area contributed by atoms with Crippen LogP contribution in [-0.2, 0) is 9.59 Å². The molecular weight excluding hydrogens is 332 g/mol. The molecule has 2 amide bonds. The molecule has 0 heterocycles. The van der Waals surface area contributed by atoms with Crippen LogP contribution in [0.25, 0.3) is 0 Å². The number of amides is 2. The van der Waals surface area contributed by atoms with Gasteiger partial charge in [-0.05, 0) is 24.7 Å². The predicted octanol–water partition coefficient (Wildman–Crippen LogP) is -0.855. The molecule has 0 aromatic rings. The van der Waals surface area contributed by atoms with E-state index in [1.807, 2.05) is 27.7 Å². The Morgan fingerprint density at radius 2 is 1.04 bits per heavy atom. The molecular formula is C18H40N6O2. The summed E-state index contributed by atoms with van der Waals surface area (Å²) in [5.74, 6) is 0.413. The molecule has 0 saturated heterocycles. The van der Waals surface area contributed by atoms with Crippen molar-refractivity contribution in [2.24, 2.45) is 23.3 Å². The van der Waals surface area contributed by atoms with E-state index in [0.29, 0.717) is 39.3 Å². The van der Waals surface area contributed by atoms with E-state index >= 15 is 0 Å². The Morgan fingerprint density at radius 3 is 1.31 bits per heavy atom. The van der Waals surface area contributed by atoms with Crippen LogP contribution < -0.4 is 32.7 Å². The molecule has 0 bridgehead atoms. The van der Waals surface area contributed by atoms with Crippen LogP contribution in [0.1, 0.15) is 40.5 Å². The first-order chi connectivity index (χ1) is 12.3. The molecule has 0 radical (unpaired) electrons. The molecule has 0 rings (SSSR count). The fourth-order valence-electron chi connectivity index (χ4n) is 2.63. The van der Waals surface area contributed by atoms with Gasteiger partial charge in [-0.25, -0.2) is 0 Å². The van der Waals surface area contributed by atoms with Gasteiger partial charge in [0.05, 0.1) is 12.1 Å². The number of unbranched alkanes of at least 4 members (excludes halogenated alkanes) is 1. The average Bonchev–Trinajstić information content (AvgIpc) is 2.58. The lowest BCUT2D eigenvalue weighted by Crippen LogP contribution is -2.49. The molecule has 0 aliphatic carbocycles. The highest BCUT2D eigenvalue weighted by Crippen LogP contribution is 2.02. The van der Waals surface area contributed by atoms with Crippen LogP contribution in [0.3, 0.4) is 0 Å². The maximum atomic E-state index is 12.2. The summed E-state index contributed by atoms with van der Waals surface area (Å²) in [6.07, 6.45) is 1.63. The summed E-state index contributed by atoms with van der Waals surface area (Å²) in [6, 6.07) is -0.447. The van der Waals surface area contributed by atoms with E-state index in [4.69, 9.17) is 11.5 Å². The molecule has 0 aliphatic heterocycles. The van der Waals surface area contributed by atoms with Crippen LogP contribution in [0.15, 0.2) is 0 Å². The molecule has 26 heavy (non-hydrogen) atoms. The van der Waals surface area contributed by atoms with Crippen molar-refractivity contribution < 1.29 is 9.59 Å². The molecule has 8 nitrogen and oxygen atoms in total. The highest BCUT2D eigenvalue weighted by Gasteiger charge is 2.21. The number of nitrogens with two attached hydrogens (primary N) is 2. The fourth-order valence-corrected chi connectivity index (χ4v) is 2.63. The van der Waals surface area contributed by atoms with Gasteiger partial charge in [0, 0.05) is 39.3 Å². The zero-order valence-electron chi connectivity index (χ0n) is 16.9. The second-order valence-electron chi connectivity index (χ2n) is 7.22. The SMILES string of the molecule is CC(C)[C@H](NCCN)C(=O)NCCCCNC(=O)[C@@H](NCCN)C(C)C. The number of carbonyl (C=O) groups excluding carboxylic acids is 2. The van der Waals surface area contributed by atoms with Crippen molar-refractivity contribution in [3.8, 4) is 0 Å². The van der Waals surface area contributed by atoms with Crippen LogP contribution in [0.4, 0.5) is 0 Å². The van der Waals surface area contributed by atoms with E-state index in [2.05, 4.69) is 21.3 Å². The van der Waals surface area contributed by atoms with Gasteiger partial charge in [-0.3, -0.25) is 9.59 Å². The van der Waals surface area contributed by atoms with Crippen molar-refractivity contribution >= 4 is 11.8 Å². The summed E-state index contributed by atoms with van der Waals surface area (Å²) >= 11 is 0. The van der Waals surface area contributed by atoms with Crippen LogP contribution in [-0.4, -0.2) is 63.2 Å². The number of carbonyl (C=O) groups is 2. The lowest BCUT2D eigenvalue weighted by molar-refractivity contribution is -0.125. The van der Waals surface area contributed by atoms with E-state index in [1.54, 1.807) is 0 Å². The zero-order chi connectivity index (χ0) is 19.9. The Hall–Kier alpha value is -1.22. The summed E-state index contributed by atoms with van der Waals surface area (Å²) in [5.41, 5.74) is 11.0. The molecule has 0 aromatic heterocycles. The van der Waals surface area contributed by atoms with Gasteiger partial charge < -0.3 is 32.7 Å². The summed E-state index contributed by atoms with van der Waals surface area (Å²) in [4.78, 5) is 24.4. The van der Waals surface area contributed by atoms with Crippen molar-refractivity contribution in [1.82, 2.24) is 21.3 Å². The van der Waals surface area contributed by atoms with Gasteiger partial charge in [0.25, 0.3) is 0 Å². The first-order valence-electron chi connectivity index (χ1n) is 9.77. The Balaban J connectivity index is 4.00. The van der Waals surface area contributed by atoms with E-state index in [-0.39, 0.29) is 35.7 Å². The zero-order valence-corrected chi connectivity index (χ0v) is 16.9. The van der Waals surface area contributed by atoms with Crippen molar-refractivity contribution in [3.63, 3.8) is 0 Å². The topological polar surface area (TPSA) is 134 Å². The van der Waals surface area contributed by atoms with Gasteiger partial charge in [0.2, 0.25) is 11.8 Å². The number of hydrogen-bond donors (Lipinski definition) is 6. The van der Waals surface area contributed by atoms with E-state index in [0.717, 1.165) is 12.8 Å². The fraction of sp³-hybridized carbons (Fsp3) is 0.889. The van der Waals surface area contributed by atoms with Crippen molar-refractivity contribution in [3.05, 3.63) is 0 Å². The van der Waals surface area contributed by atoms with Crippen LogP contribution >= 0.6 is 0 Å². The van der Waals surface area contributed by atoms with Gasteiger partial charge in [-0.2, -0.15) is 0 Å². The van der Waals surface area contributed by atoms with Gasteiger partial charge in [-0.15, -0.1) is 0 Å². The summed E-state index contributed by atoms with van der Waals surface area (Å²) in [7, 11) is 0. The second kappa shape index (κ2) is 14.9. The van der Waals surface area contributed by atoms with E-state index < -0.39 is 0 Å². The molecule has 0 aromatic carbocycles. The highest BCUT2D eigenvalue weighted by atomic mass is 16.2. The van der Waals surface area contributed by atoms with Crippen LogP contribution in [0, 0.1) is 11.8 Å². The van der Waals surface area contributed by atoms with Gasteiger partial charge in [-0.1, -0.05) is 27.7 Å². The lowest BCUT2D eigenvalue weighted by atomic mass is 10.0. The highest BCUT2D eigenvalue weighted by molar-refractivity contribution is 5.82. The largest absolute Gasteiger partial charge is 0.355 e. The standard InChI is InChI=1S/C18H40N6O2/c1-13(2)15(21-11-7-19)17(25)23-9-5-6-10-24-18(26)16(14(3)4)22-12-8-20/h13-16,21-22H,5-12,19-20H2,1-4H3,(H,23,25)(H,24,26)/t15-,16-/m0/s1. The van der Waals surface area contributed by atoms with Crippen molar-refractivity contribution in [1.29, 1.82) is 0 Å². The third-order valence-corrected chi connectivity index (χ3v) is 4.12. The smallest absolute Gasteiger partial charge is 0.237 e. The molecule has 8 heteroatoms. The number of nitrogens with one attached hydrogen (secondary N) is 4. The number of rotatable bonds is 15. The first kappa shape index (κ1) is 24.8. The van der Waals surface area contributed by atoms with Gasteiger partial charge in [0.1, 0.15) is 0 Å². The van der Waals surface area contributed by atoms with Crippen LogP contribution in [0.2, 0.25) is 0 Å². The van der Waals surface area contributed by atoms with Gasteiger partial charge >= 0.3 is 0 Å². The maximum absolute atomic E-state index is 12.2. The van der Waals surface area contributed by atoms with Crippen molar-refractivity contribution in [2.45, 2.75) is 52.6 Å². The quantitative estimate of drug-likeness (QED) is 0.207. The molecule has 0 unspecified atom stereocenters. The average molecular weight is 373 g/mol. The summed E-state index contributed by atoms with van der Waals surface area (Å²) in [6.45, 7) is 11.5. The number of hydrogen-bond acceptors (Lipinski definition) is 6. The Kier molecular flexibility index (Phi) is 14.2. The van der Waals surface area contributed by atoms with E-state index in [1.165, 1.54) is 0 Å². The third-order valence-electron chi connectivity index (χ3n) is 4.12.